The first-order chi connectivity index (χ1) is 12.6. The number of unbranched alkanes of at least 4 members (excludes halogenated alkanes) is 1. The number of nitrogens with zero attached hydrogens (tertiary/aromatic N) is 4. The average Bonchev–Trinajstić information content (AvgIpc) is 2.61. The number of nitrogens with one attached hydrogen (secondary N) is 2. The Kier molecular flexibility index (Phi) is 6.35. The van der Waals surface area contributed by atoms with Crippen molar-refractivity contribution in [3.05, 3.63) is 47.3 Å². The molecule has 2 aromatic heterocycles. The highest BCUT2D eigenvalue weighted by Crippen LogP contribution is 2.25. The Morgan fingerprint density at radius 3 is 2.77 bits per heavy atom. The van der Waals surface area contributed by atoms with Gasteiger partial charge in [0.1, 0.15) is 18.0 Å². The number of anilines is 3. The molecule has 0 saturated heterocycles. The summed E-state index contributed by atoms with van der Waals surface area (Å²) < 4.78 is 1.01. The van der Waals surface area contributed by atoms with Crippen LogP contribution in [0.1, 0.15) is 12.8 Å². The van der Waals surface area contributed by atoms with E-state index >= 15 is 0 Å². The molecule has 0 amide bonds. The molecular formula is C19H23BrN6. The summed E-state index contributed by atoms with van der Waals surface area (Å²) in [5.74, 6) is 1.59. The summed E-state index contributed by atoms with van der Waals surface area (Å²) in [6.45, 7) is 2.01. The van der Waals surface area contributed by atoms with E-state index in [2.05, 4.69) is 60.5 Å². The Labute approximate surface area is 162 Å². The zero-order valence-electron chi connectivity index (χ0n) is 15.0. The molecule has 0 atom stereocenters. The summed E-state index contributed by atoms with van der Waals surface area (Å²) in [6.07, 6.45) is 5.66. The van der Waals surface area contributed by atoms with Crippen LogP contribution in [-0.2, 0) is 0 Å². The summed E-state index contributed by atoms with van der Waals surface area (Å²) in [4.78, 5) is 15.5. The second-order valence-corrected chi connectivity index (χ2v) is 7.30. The SMILES string of the molecule is CN(C)CCCCNc1cc2ncnc(Nc3cccc(Br)c3)c2cn1. The number of aromatic nitrogens is 3. The summed E-state index contributed by atoms with van der Waals surface area (Å²) in [5.41, 5.74) is 1.82. The topological polar surface area (TPSA) is 66.0 Å². The fourth-order valence-electron chi connectivity index (χ4n) is 2.62. The first kappa shape index (κ1) is 18.5. The van der Waals surface area contributed by atoms with Crippen molar-refractivity contribution in [2.75, 3.05) is 37.8 Å². The van der Waals surface area contributed by atoms with Crippen LogP contribution in [0.5, 0.6) is 0 Å². The Morgan fingerprint density at radius 2 is 1.96 bits per heavy atom. The van der Waals surface area contributed by atoms with Gasteiger partial charge in [-0.15, -0.1) is 0 Å². The van der Waals surface area contributed by atoms with Crippen LogP contribution in [-0.4, -0.2) is 47.0 Å². The quantitative estimate of drug-likeness (QED) is 0.536. The van der Waals surface area contributed by atoms with Crippen LogP contribution in [0.15, 0.2) is 47.3 Å². The van der Waals surface area contributed by atoms with Gasteiger partial charge in [0.25, 0.3) is 0 Å². The molecule has 7 heteroatoms. The fraction of sp³-hybridized carbons (Fsp3) is 0.316. The van der Waals surface area contributed by atoms with Crippen molar-refractivity contribution >= 4 is 44.2 Å². The summed E-state index contributed by atoms with van der Waals surface area (Å²) in [7, 11) is 4.19. The molecule has 2 heterocycles. The Bertz CT molecular complexity index is 868. The lowest BCUT2D eigenvalue weighted by Crippen LogP contribution is -2.14. The number of halogens is 1. The molecule has 1 aromatic carbocycles. The van der Waals surface area contributed by atoms with Crippen LogP contribution in [0.2, 0.25) is 0 Å². The number of hydrogen-bond donors (Lipinski definition) is 2. The number of hydrogen-bond acceptors (Lipinski definition) is 6. The van der Waals surface area contributed by atoms with Crippen LogP contribution in [0, 0.1) is 0 Å². The molecule has 136 valence electrons. The standard InChI is InChI=1S/C19H23BrN6/c1-26(2)9-4-3-8-21-18-11-17-16(12-22-18)19(24-13-23-17)25-15-7-5-6-14(20)10-15/h5-7,10-13H,3-4,8-9H2,1-2H3,(H,21,22)(H,23,24,25). The molecule has 6 nitrogen and oxygen atoms in total. The Balaban J connectivity index is 1.69. The molecular weight excluding hydrogens is 392 g/mol. The highest BCUT2D eigenvalue weighted by atomic mass is 79.9. The molecule has 3 aromatic rings. The van der Waals surface area contributed by atoms with Crippen LogP contribution in [0.3, 0.4) is 0 Å². The predicted octanol–water partition coefficient (Wildman–Crippen LogP) is 4.28. The van der Waals surface area contributed by atoms with E-state index in [9.17, 15) is 0 Å². The molecule has 0 radical (unpaired) electrons. The fourth-order valence-corrected chi connectivity index (χ4v) is 3.02. The van der Waals surface area contributed by atoms with E-state index in [1.54, 1.807) is 6.33 Å². The van der Waals surface area contributed by atoms with Gasteiger partial charge in [-0.2, -0.15) is 0 Å². The zero-order valence-corrected chi connectivity index (χ0v) is 16.6. The minimum absolute atomic E-state index is 0.748. The van der Waals surface area contributed by atoms with E-state index in [0.717, 1.165) is 58.6 Å². The summed E-state index contributed by atoms with van der Waals surface area (Å²) >= 11 is 3.48. The van der Waals surface area contributed by atoms with Gasteiger partial charge in [-0.25, -0.2) is 15.0 Å². The molecule has 2 N–H and O–H groups in total. The van der Waals surface area contributed by atoms with E-state index in [0.29, 0.717) is 0 Å². The third-order valence-corrected chi connectivity index (χ3v) is 4.44. The third-order valence-electron chi connectivity index (χ3n) is 3.95. The van der Waals surface area contributed by atoms with Gasteiger partial charge in [-0.3, -0.25) is 0 Å². The number of pyridine rings is 1. The van der Waals surface area contributed by atoms with E-state index < -0.39 is 0 Å². The summed E-state index contributed by atoms with van der Waals surface area (Å²) in [6, 6.07) is 9.93. The van der Waals surface area contributed by atoms with Gasteiger partial charge < -0.3 is 15.5 Å². The molecule has 0 aliphatic carbocycles. The number of fused-ring (bicyclic) bond motifs is 1. The molecule has 0 unspecified atom stereocenters. The molecule has 0 spiro atoms. The predicted molar refractivity (Wildman–Crippen MR) is 111 cm³/mol. The van der Waals surface area contributed by atoms with Crippen molar-refractivity contribution in [2.24, 2.45) is 0 Å². The maximum absolute atomic E-state index is 4.51. The van der Waals surface area contributed by atoms with E-state index in [-0.39, 0.29) is 0 Å². The molecule has 0 bridgehead atoms. The van der Waals surface area contributed by atoms with Gasteiger partial charge in [0.2, 0.25) is 0 Å². The lowest BCUT2D eigenvalue weighted by molar-refractivity contribution is 0.396. The first-order valence-electron chi connectivity index (χ1n) is 8.64. The van der Waals surface area contributed by atoms with Crippen molar-refractivity contribution in [1.29, 1.82) is 0 Å². The van der Waals surface area contributed by atoms with Crippen LogP contribution >= 0.6 is 15.9 Å². The van der Waals surface area contributed by atoms with Crippen molar-refractivity contribution in [2.45, 2.75) is 12.8 Å². The maximum atomic E-state index is 4.51. The lowest BCUT2D eigenvalue weighted by Gasteiger charge is -2.11. The molecule has 26 heavy (non-hydrogen) atoms. The monoisotopic (exact) mass is 414 g/mol. The average molecular weight is 415 g/mol. The molecule has 0 aliphatic rings. The van der Waals surface area contributed by atoms with Crippen LogP contribution < -0.4 is 10.6 Å². The van der Waals surface area contributed by atoms with Gasteiger partial charge in [-0.1, -0.05) is 22.0 Å². The van der Waals surface area contributed by atoms with Gasteiger partial charge in [-0.05, 0) is 51.7 Å². The first-order valence-corrected chi connectivity index (χ1v) is 9.43. The lowest BCUT2D eigenvalue weighted by atomic mass is 10.2. The van der Waals surface area contributed by atoms with Crippen molar-refractivity contribution in [3.63, 3.8) is 0 Å². The minimum atomic E-state index is 0.748. The minimum Gasteiger partial charge on any atom is -0.370 e. The normalized spacial score (nSPS) is 11.1. The second kappa shape index (κ2) is 8.91. The molecule has 0 saturated carbocycles. The Morgan fingerprint density at radius 1 is 1.08 bits per heavy atom. The highest BCUT2D eigenvalue weighted by Gasteiger charge is 2.06. The second-order valence-electron chi connectivity index (χ2n) is 6.38. The third kappa shape index (κ3) is 5.12. The van der Waals surface area contributed by atoms with Crippen molar-refractivity contribution in [1.82, 2.24) is 19.9 Å². The Hall–Kier alpha value is -2.25. The van der Waals surface area contributed by atoms with Gasteiger partial charge in [0, 0.05) is 29.0 Å². The van der Waals surface area contributed by atoms with E-state index in [1.165, 1.54) is 0 Å². The molecule has 3 rings (SSSR count). The van der Waals surface area contributed by atoms with E-state index in [4.69, 9.17) is 0 Å². The molecule has 0 aliphatic heterocycles. The summed E-state index contributed by atoms with van der Waals surface area (Å²) in [5, 5.41) is 7.60. The van der Waals surface area contributed by atoms with Crippen LogP contribution in [0.25, 0.3) is 10.9 Å². The van der Waals surface area contributed by atoms with Gasteiger partial charge in [0.05, 0.1) is 10.9 Å². The van der Waals surface area contributed by atoms with Gasteiger partial charge in [0.15, 0.2) is 0 Å². The highest BCUT2D eigenvalue weighted by molar-refractivity contribution is 9.10. The maximum Gasteiger partial charge on any atom is 0.143 e. The van der Waals surface area contributed by atoms with Gasteiger partial charge >= 0.3 is 0 Å². The molecule has 0 fully saturated rings. The zero-order chi connectivity index (χ0) is 18.4. The smallest absolute Gasteiger partial charge is 0.143 e. The van der Waals surface area contributed by atoms with Crippen LogP contribution in [0.4, 0.5) is 17.3 Å². The van der Waals surface area contributed by atoms with Crippen molar-refractivity contribution < 1.29 is 0 Å². The number of rotatable bonds is 8. The number of benzene rings is 1. The largest absolute Gasteiger partial charge is 0.370 e. The van der Waals surface area contributed by atoms with E-state index in [1.807, 2.05) is 36.5 Å². The van der Waals surface area contributed by atoms with Crippen molar-refractivity contribution in [3.8, 4) is 0 Å².